The second kappa shape index (κ2) is 7.57. The number of carbonyl (C=O) groups is 1. The van der Waals surface area contributed by atoms with Crippen molar-refractivity contribution in [1.29, 1.82) is 0 Å². The van der Waals surface area contributed by atoms with Crippen LogP contribution in [-0.4, -0.2) is 38.7 Å². The monoisotopic (exact) mass is 426 g/mol. The summed E-state index contributed by atoms with van der Waals surface area (Å²) in [5.41, 5.74) is 1.01. The maximum absolute atomic E-state index is 12.8. The Bertz CT molecular complexity index is 1180. The van der Waals surface area contributed by atoms with Gasteiger partial charge in [0.25, 0.3) is 5.89 Å². The summed E-state index contributed by atoms with van der Waals surface area (Å²) in [6, 6.07) is 11.8. The second-order valence-corrected chi connectivity index (χ2v) is 9.02. The van der Waals surface area contributed by atoms with Gasteiger partial charge in [-0.25, -0.2) is 9.78 Å². The van der Waals surface area contributed by atoms with Crippen LogP contribution in [0.4, 0.5) is 0 Å². The highest BCUT2D eigenvalue weighted by Crippen LogP contribution is 2.33. The van der Waals surface area contributed by atoms with Crippen LogP contribution in [0.5, 0.6) is 0 Å². The maximum atomic E-state index is 12.8. The van der Waals surface area contributed by atoms with E-state index in [2.05, 4.69) is 11.2 Å². The van der Waals surface area contributed by atoms with Crippen molar-refractivity contribution in [2.45, 2.75) is 25.3 Å². The largest absolute Gasteiger partial charge is 0.437 e. The molecule has 148 valence electrons. The van der Waals surface area contributed by atoms with Crippen molar-refractivity contribution in [3.05, 3.63) is 57.3 Å². The standard InChI is InChI=1S/C20H18N4O3S2/c25-17(12-24-20(26)27-18(22-24)16-8-4-10-28-16)23-9-3-5-13(11-23)19-21-14-6-1-2-7-15(14)29-19/h1-2,4,6-8,10,13H,3,5,9,11-12H2/t13-/m0/s1. The number of hydrogen-bond donors (Lipinski definition) is 0. The van der Waals surface area contributed by atoms with E-state index in [1.165, 1.54) is 16.0 Å². The van der Waals surface area contributed by atoms with Gasteiger partial charge in [0, 0.05) is 19.0 Å². The first-order chi connectivity index (χ1) is 14.2. The number of carbonyl (C=O) groups excluding carboxylic acids is 1. The number of benzene rings is 1. The van der Waals surface area contributed by atoms with Crippen LogP contribution < -0.4 is 5.76 Å². The van der Waals surface area contributed by atoms with Crippen LogP contribution in [0.15, 0.2) is 51.0 Å². The molecule has 29 heavy (non-hydrogen) atoms. The summed E-state index contributed by atoms with van der Waals surface area (Å²) in [4.78, 5) is 32.3. The van der Waals surface area contributed by atoms with Crippen LogP contribution in [0.2, 0.25) is 0 Å². The molecule has 0 aliphatic carbocycles. The Balaban J connectivity index is 1.30. The summed E-state index contributed by atoms with van der Waals surface area (Å²) in [6.45, 7) is 1.19. The predicted molar refractivity (Wildman–Crippen MR) is 112 cm³/mol. The van der Waals surface area contributed by atoms with E-state index in [1.54, 1.807) is 11.3 Å². The van der Waals surface area contributed by atoms with Crippen molar-refractivity contribution in [3.63, 3.8) is 0 Å². The number of thiazole rings is 1. The van der Waals surface area contributed by atoms with Gasteiger partial charge < -0.3 is 9.32 Å². The number of piperidine rings is 1. The minimum absolute atomic E-state index is 0.111. The maximum Gasteiger partial charge on any atom is 0.437 e. The summed E-state index contributed by atoms with van der Waals surface area (Å²) >= 11 is 3.13. The van der Waals surface area contributed by atoms with E-state index in [-0.39, 0.29) is 24.3 Å². The van der Waals surface area contributed by atoms with E-state index in [4.69, 9.17) is 9.40 Å². The zero-order valence-corrected chi connectivity index (χ0v) is 17.1. The Kier molecular flexibility index (Phi) is 4.76. The molecule has 0 spiro atoms. The molecule has 0 radical (unpaired) electrons. The molecule has 4 heterocycles. The fraction of sp³-hybridized carbons (Fsp3) is 0.300. The molecule has 0 saturated carbocycles. The van der Waals surface area contributed by atoms with Crippen LogP contribution >= 0.6 is 22.7 Å². The van der Waals surface area contributed by atoms with Crippen LogP contribution in [0.1, 0.15) is 23.8 Å². The molecule has 0 N–H and O–H groups in total. The number of aromatic nitrogens is 3. The van der Waals surface area contributed by atoms with Crippen molar-refractivity contribution < 1.29 is 9.21 Å². The van der Waals surface area contributed by atoms with Gasteiger partial charge in [-0.2, -0.15) is 4.68 Å². The number of thiophene rings is 1. The second-order valence-electron chi connectivity index (χ2n) is 7.01. The average Bonchev–Trinajstić information content (AvgIpc) is 3.48. The lowest BCUT2D eigenvalue weighted by Gasteiger charge is -2.31. The first-order valence-electron chi connectivity index (χ1n) is 9.42. The zero-order chi connectivity index (χ0) is 19.8. The minimum Gasteiger partial charge on any atom is -0.387 e. The molecule has 9 heteroatoms. The van der Waals surface area contributed by atoms with Crippen LogP contribution in [-0.2, 0) is 11.3 Å². The topological polar surface area (TPSA) is 81.2 Å². The van der Waals surface area contributed by atoms with E-state index in [9.17, 15) is 9.59 Å². The van der Waals surface area contributed by atoms with E-state index >= 15 is 0 Å². The van der Waals surface area contributed by atoms with Gasteiger partial charge in [-0.15, -0.1) is 27.8 Å². The van der Waals surface area contributed by atoms with Gasteiger partial charge in [-0.3, -0.25) is 4.79 Å². The SMILES string of the molecule is O=C(Cn1nc(-c2cccs2)oc1=O)N1CCC[C@H](c2nc3ccccc3s2)C1. The van der Waals surface area contributed by atoms with Crippen LogP contribution in [0, 0.1) is 0 Å². The van der Waals surface area contributed by atoms with Crippen molar-refractivity contribution in [2.75, 3.05) is 13.1 Å². The minimum atomic E-state index is -0.610. The molecule has 0 bridgehead atoms. The highest BCUT2D eigenvalue weighted by atomic mass is 32.1. The number of hydrogen-bond acceptors (Lipinski definition) is 7. The average molecular weight is 427 g/mol. The molecule has 1 atom stereocenters. The summed E-state index contributed by atoms with van der Waals surface area (Å²) in [7, 11) is 0. The van der Waals surface area contributed by atoms with E-state index in [1.807, 2.05) is 40.6 Å². The lowest BCUT2D eigenvalue weighted by molar-refractivity contribution is -0.133. The number of amides is 1. The van der Waals surface area contributed by atoms with Gasteiger partial charge in [0.15, 0.2) is 0 Å². The fourth-order valence-corrected chi connectivity index (χ4v) is 5.34. The highest BCUT2D eigenvalue weighted by molar-refractivity contribution is 7.18. The normalized spacial score (nSPS) is 17.1. The summed E-state index contributed by atoms with van der Waals surface area (Å²) < 4.78 is 7.48. The first-order valence-corrected chi connectivity index (χ1v) is 11.1. The summed E-state index contributed by atoms with van der Waals surface area (Å²) in [5, 5.41) is 7.14. The number of rotatable bonds is 4. The third-order valence-electron chi connectivity index (χ3n) is 5.06. The van der Waals surface area contributed by atoms with E-state index in [0.717, 1.165) is 32.9 Å². The lowest BCUT2D eigenvalue weighted by Crippen LogP contribution is -2.42. The third-order valence-corrected chi connectivity index (χ3v) is 7.11. The Morgan fingerprint density at radius 3 is 2.97 bits per heavy atom. The third kappa shape index (κ3) is 3.63. The number of nitrogens with zero attached hydrogens (tertiary/aromatic N) is 4. The first kappa shape index (κ1) is 18.3. The molecule has 3 aromatic heterocycles. The molecule has 1 aliphatic rings. The zero-order valence-electron chi connectivity index (χ0n) is 15.5. The molecule has 5 rings (SSSR count). The van der Waals surface area contributed by atoms with Gasteiger partial charge in [0.05, 0.1) is 20.1 Å². The Labute approximate surface area is 174 Å². The highest BCUT2D eigenvalue weighted by Gasteiger charge is 2.27. The predicted octanol–water partition coefficient (Wildman–Crippen LogP) is 3.58. The molecule has 7 nitrogen and oxygen atoms in total. The Hall–Kier alpha value is -2.78. The van der Waals surface area contributed by atoms with Crippen molar-refractivity contribution in [1.82, 2.24) is 19.7 Å². The molecule has 1 amide bonds. The van der Waals surface area contributed by atoms with Crippen molar-refractivity contribution in [2.24, 2.45) is 0 Å². The Morgan fingerprint density at radius 1 is 1.24 bits per heavy atom. The molecular weight excluding hydrogens is 408 g/mol. The van der Waals surface area contributed by atoms with Gasteiger partial charge >= 0.3 is 5.76 Å². The lowest BCUT2D eigenvalue weighted by atomic mass is 9.98. The molecular formula is C20H18N4O3S2. The molecule has 1 aliphatic heterocycles. The van der Waals surface area contributed by atoms with Crippen molar-refractivity contribution in [3.8, 4) is 10.8 Å². The van der Waals surface area contributed by atoms with Crippen LogP contribution in [0.3, 0.4) is 0 Å². The van der Waals surface area contributed by atoms with Gasteiger partial charge in [-0.1, -0.05) is 18.2 Å². The van der Waals surface area contributed by atoms with Crippen molar-refractivity contribution >= 4 is 38.8 Å². The molecule has 0 unspecified atom stereocenters. The number of para-hydroxylation sites is 1. The van der Waals surface area contributed by atoms with Gasteiger partial charge in [-0.05, 0) is 36.4 Å². The van der Waals surface area contributed by atoms with E-state index < -0.39 is 5.76 Å². The Morgan fingerprint density at radius 2 is 2.14 bits per heavy atom. The quantitative estimate of drug-likeness (QED) is 0.498. The summed E-state index contributed by atoms with van der Waals surface area (Å²) in [5.74, 6) is -0.255. The van der Waals surface area contributed by atoms with Gasteiger partial charge in [0.2, 0.25) is 5.91 Å². The number of likely N-dealkylation sites (tertiary alicyclic amines) is 1. The summed E-state index contributed by atoms with van der Waals surface area (Å²) in [6.07, 6.45) is 1.93. The fourth-order valence-electron chi connectivity index (χ4n) is 3.60. The number of fused-ring (bicyclic) bond motifs is 1. The smallest absolute Gasteiger partial charge is 0.387 e. The molecule has 1 aromatic carbocycles. The molecule has 1 fully saturated rings. The van der Waals surface area contributed by atoms with E-state index in [0.29, 0.717) is 13.1 Å². The molecule has 4 aromatic rings. The molecule has 1 saturated heterocycles. The van der Waals surface area contributed by atoms with Crippen LogP contribution in [0.25, 0.3) is 21.0 Å². The van der Waals surface area contributed by atoms with Gasteiger partial charge in [0.1, 0.15) is 6.54 Å².